The molecule has 0 spiro atoms. The maximum absolute atomic E-state index is 6.57. The van der Waals surface area contributed by atoms with E-state index in [0.717, 1.165) is 12.1 Å². The average molecular weight is 336 g/mol. The lowest BCUT2D eigenvalue weighted by Gasteiger charge is -2.30. The first-order valence-corrected chi connectivity index (χ1v) is 8.98. The maximum Gasteiger partial charge on any atom is 0.109 e. The lowest BCUT2D eigenvalue weighted by Crippen LogP contribution is -2.46. The van der Waals surface area contributed by atoms with Gasteiger partial charge in [-0.3, -0.25) is 0 Å². The Morgan fingerprint density at radius 1 is 0.769 bits per heavy atom. The van der Waals surface area contributed by atoms with Crippen molar-refractivity contribution >= 4 is 38.0 Å². The van der Waals surface area contributed by atoms with Crippen molar-refractivity contribution in [1.82, 2.24) is 0 Å². The standard InChI is InChI=1S/C24H20N2/c25-24(13-4-1-5-14-24)26-22-10-6-9-17-11-12-20-15-18-7-2-3-8-19(18)16-21(20)23(17)22/h1-13,15-16,26H,14,25H2. The number of anilines is 1. The van der Waals surface area contributed by atoms with E-state index in [1.807, 2.05) is 18.2 Å². The van der Waals surface area contributed by atoms with Gasteiger partial charge in [-0.15, -0.1) is 0 Å². The SMILES string of the molecule is NC1(Nc2cccc3ccc4cc5ccccc5cc4c23)C=CC=CC1. The molecule has 1 atom stereocenters. The van der Waals surface area contributed by atoms with Crippen molar-refractivity contribution in [3.05, 3.63) is 91.0 Å². The highest BCUT2D eigenvalue weighted by Gasteiger charge is 2.22. The van der Waals surface area contributed by atoms with Crippen molar-refractivity contribution in [2.45, 2.75) is 12.1 Å². The van der Waals surface area contributed by atoms with Crippen LogP contribution in [0.4, 0.5) is 5.69 Å². The lowest BCUT2D eigenvalue weighted by atomic mass is 9.96. The topological polar surface area (TPSA) is 38.0 Å². The van der Waals surface area contributed by atoms with E-state index < -0.39 is 5.66 Å². The van der Waals surface area contributed by atoms with Crippen LogP contribution in [0.5, 0.6) is 0 Å². The van der Waals surface area contributed by atoms with Crippen molar-refractivity contribution in [2.75, 3.05) is 5.32 Å². The van der Waals surface area contributed by atoms with Gasteiger partial charge in [-0.2, -0.15) is 0 Å². The first kappa shape index (κ1) is 15.2. The van der Waals surface area contributed by atoms with Gasteiger partial charge in [0.25, 0.3) is 0 Å². The Morgan fingerprint density at radius 2 is 1.54 bits per heavy atom. The number of nitrogens with one attached hydrogen (secondary N) is 1. The molecule has 0 aromatic heterocycles. The number of benzene rings is 4. The minimum absolute atomic E-state index is 0.554. The van der Waals surface area contributed by atoms with Crippen LogP contribution in [0.2, 0.25) is 0 Å². The van der Waals surface area contributed by atoms with Crippen molar-refractivity contribution < 1.29 is 0 Å². The monoisotopic (exact) mass is 336 g/mol. The van der Waals surface area contributed by atoms with Crippen LogP contribution in [-0.4, -0.2) is 5.66 Å². The van der Waals surface area contributed by atoms with Crippen molar-refractivity contribution in [3.8, 4) is 0 Å². The normalized spacial score (nSPS) is 19.4. The van der Waals surface area contributed by atoms with E-state index in [9.17, 15) is 0 Å². The number of rotatable bonds is 2. The molecule has 0 aliphatic heterocycles. The molecule has 2 heteroatoms. The summed E-state index contributed by atoms with van der Waals surface area (Å²) < 4.78 is 0. The zero-order valence-corrected chi connectivity index (χ0v) is 14.4. The first-order chi connectivity index (χ1) is 12.7. The van der Waals surface area contributed by atoms with Gasteiger partial charge in [0.15, 0.2) is 0 Å². The van der Waals surface area contributed by atoms with Crippen LogP contribution in [-0.2, 0) is 0 Å². The zero-order valence-electron chi connectivity index (χ0n) is 14.4. The molecule has 1 aliphatic rings. The third-order valence-electron chi connectivity index (χ3n) is 5.19. The first-order valence-electron chi connectivity index (χ1n) is 8.98. The zero-order chi connectivity index (χ0) is 17.6. The fourth-order valence-electron chi connectivity index (χ4n) is 3.89. The fraction of sp³-hybridized carbons (Fsp3) is 0.0833. The number of hydrogen-bond donors (Lipinski definition) is 2. The molecule has 0 bridgehead atoms. The fourth-order valence-corrected chi connectivity index (χ4v) is 3.89. The Kier molecular flexibility index (Phi) is 3.34. The Bertz CT molecular complexity index is 1200. The second-order valence-corrected chi connectivity index (χ2v) is 7.05. The van der Waals surface area contributed by atoms with Crippen molar-refractivity contribution in [2.24, 2.45) is 5.73 Å². The molecule has 0 amide bonds. The van der Waals surface area contributed by atoms with Gasteiger partial charge in [0.1, 0.15) is 5.66 Å². The van der Waals surface area contributed by atoms with Gasteiger partial charge in [0.2, 0.25) is 0 Å². The highest BCUT2D eigenvalue weighted by atomic mass is 15.1. The summed E-state index contributed by atoms with van der Waals surface area (Å²) in [6, 6.07) is 23.8. The predicted molar refractivity (Wildman–Crippen MR) is 112 cm³/mol. The molecule has 126 valence electrons. The molecule has 26 heavy (non-hydrogen) atoms. The van der Waals surface area contributed by atoms with Gasteiger partial charge in [-0.25, -0.2) is 0 Å². The Labute approximate surface area is 152 Å². The van der Waals surface area contributed by atoms with Gasteiger partial charge < -0.3 is 11.1 Å². The average Bonchev–Trinajstić information content (AvgIpc) is 2.66. The second kappa shape index (κ2) is 5.72. The second-order valence-electron chi connectivity index (χ2n) is 7.05. The summed E-state index contributed by atoms with van der Waals surface area (Å²) in [5.74, 6) is 0. The van der Waals surface area contributed by atoms with Crippen LogP contribution in [0, 0.1) is 0 Å². The molecule has 0 radical (unpaired) electrons. The van der Waals surface area contributed by atoms with Crippen molar-refractivity contribution in [1.29, 1.82) is 0 Å². The number of fused-ring (bicyclic) bond motifs is 4. The lowest BCUT2D eigenvalue weighted by molar-refractivity contribution is 0.607. The minimum atomic E-state index is -0.554. The predicted octanol–water partition coefficient (Wildman–Crippen LogP) is 5.73. The summed E-state index contributed by atoms with van der Waals surface area (Å²) in [5, 5.41) is 11.0. The Morgan fingerprint density at radius 3 is 2.35 bits per heavy atom. The number of hydrogen-bond acceptors (Lipinski definition) is 2. The molecule has 0 fully saturated rings. The van der Waals surface area contributed by atoms with Gasteiger partial charge in [-0.1, -0.05) is 66.8 Å². The molecule has 4 aromatic carbocycles. The summed E-state index contributed by atoms with van der Waals surface area (Å²) in [7, 11) is 0. The summed E-state index contributed by atoms with van der Waals surface area (Å²) in [5.41, 5.74) is 7.09. The van der Waals surface area contributed by atoms with Crippen LogP contribution in [0.3, 0.4) is 0 Å². The largest absolute Gasteiger partial charge is 0.363 e. The summed E-state index contributed by atoms with van der Waals surface area (Å²) in [6.07, 6.45) is 8.95. The maximum atomic E-state index is 6.57. The van der Waals surface area contributed by atoms with Crippen LogP contribution < -0.4 is 11.1 Å². The molecule has 2 nitrogen and oxygen atoms in total. The van der Waals surface area contributed by atoms with Gasteiger partial charge in [0.05, 0.1) is 0 Å². The highest BCUT2D eigenvalue weighted by molar-refractivity contribution is 6.16. The quantitative estimate of drug-likeness (QED) is 0.279. The van der Waals surface area contributed by atoms with E-state index in [1.165, 1.54) is 32.3 Å². The summed E-state index contributed by atoms with van der Waals surface area (Å²) >= 11 is 0. The van der Waals surface area contributed by atoms with E-state index >= 15 is 0 Å². The van der Waals surface area contributed by atoms with E-state index in [4.69, 9.17) is 5.73 Å². The van der Waals surface area contributed by atoms with Gasteiger partial charge in [-0.05, 0) is 51.2 Å². The molecule has 5 rings (SSSR count). The molecule has 0 heterocycles. The van der Waals surface area contributed by atoms with E-state index in [2.05, 4.69) is 78.1 Å². The third-order valence-corrected chi connectivity index (χ3v) is 5.19. The molecular weight excluding hydrogens is 316 g/mol. The highest BCUT2D eigenvalue weighted by Crippen LogP contribution is 2.35. The van der Waals surface area contributed by atoms with Gasteiger partial charge in [0, 0.05) is 17.5 Å². The molecule has 3 N–H and O–H groups in total. The molecule has 0 saturated heterocycles. The van der Waals surface area contributed by atoms with E-state index in [-0.39, 0.29) is 0 Å². The summed E-state index contributed by atoms with van der Waals surface area (Å²) in [4.78, 5) is 0. The third kappa shape index (κ3) is 2.47. The van der Waals surface area contributed by atoms with Crippen LogP contribution in [0.1, 0.15) is 6.42 Å². The van der Waals surface area contributed by atoms with Crippen LogP contribution in [0.15, 0.2) is 91.0 Å². The van der Waals surface area contributed by atoms with Crippen LogP contribution in [0.25, 0.3) is 32.3 Å². The number of allylic oxidation sites excluding steroid dienone is 2. The van der Waals surface area contributed by atoms with Gasteiger partial charge >= 0.3 is 0 Å². The van der Waals surface area contributed by atoms with E-state index in [0.29, 0.717) is 0 Å². The van der Waals surface area contributed by atoms with Crippen molar-refractivity contribution in [3.63, 3.8) is 0 Å². The van der Waals surface area contributed by atoms with E-state index in [1.54, 1.807) is 0 Å². The Hall–Kier alpha value is -3.10. The van der Waals surface area contributed by atoms with Crippen LogP contribution >= 0.6 is 0 Å². The summed E-state index contributed by atoms with van der Waals surface area (Å²) in [6.45, 7) is 0. The minimum Gasteiger partial charge on any atom is -0.363 e. The molecule has 0 saturated carbocycles. The molecule has 1 unspecified atom stereocenters. The molecule has 1 aliphatic carbocycles. The smallest absolute Gasteiger partial charge is 0.109 e. The molecule has 4 aromatic rings. The Balaban J connectivity index is 1.78. The molecular formula is C24H20N2. The number of nitrogens with two attached hydrogens (primary N) is 1.